The van der Waals surface area contributed by atoms with Gasteiger partial charge in [-0.05, 0) is 18.2 Å². The number of amides is 1. The van der Waals surface area contributed by atoms with Crippen molar-refractivity contribution in [2.75, 3.05) is 13.7 Å². The first-order valence-electron chi connectivity index (χ1n) is 7.42. The quantitative estimate of drug-likeness (QED) is 0.460. The van der Waals surface area contributed by atoms with E-state index in [-0.39, 0.29) is 17.9 Å². The molecule has 0 aromatic heterocycles. The molecule has 2 aromatic rings. The molecule has 2 aromatic carbocycles. The molecule has 0 aliphatic heterocycles. The molecule has 0 aliphatic rings. The van der Waals surface area contributed by atoms with E-state index in [0.717, 1.165) is 13.2 Å². The maximum atomic E-state index is 13.5. The van der Waals surface area contributed by atoms with Crippen LogP contribution in [0.25, 0.3) is 0 Å². The topological polar surface area (TPSA) is 108 Å². The highest BCUT2D eigenvalue weighted by Gasteiger charge is 2.20. The molecule has 0 atom stereocenters. The third kappa shape index (κ3) is 4.76. The molecular formula is C17H15FN2O6. The Morgan fingerprint density at radius 2 is 1.96 bits per heavy atom. The van der Waals surface area contributed by atoms with Crippen molar-refractivity contribution in [2.24, 2.45) is 0 Å². The molecule has 9 heteroatoms. The van der Waals surface area contributed by atoms with E-state index in [1.54, 1.807) is 6.07 Å². The number of nitro groups is 1. The summed E-state index contributed by atoms with van der Waals surface area (Å²) in [5.74, 6) is -1.95. The summed E-state index contributed by atoms with van der Waals surface area (Å²) in [6, 6.07) is 9.43. The SMILES string of the molecule is COC(=O)c1ccc(OCC(=O)NCc2ccccc2F)c([N+](=O)[O-])c1. The number of carbonyl (C=O) groups is 2. The van der Waals surface area contributed by atoms with Gasteiger partial charge in [-0.25, -0.2) is 9.18 Å². The van der Waals surface area contributed by atoms with E-state index in [4.69, 9.17) is 4.74 Å². The lowest BCUT2D eigenvalue weighted by molar-refractivity contribution is -0.385. The van der Waals surface area contributed by atoms with Gasteiger partial charge in [0.15, 0.2) is 12.4 Å². The van der Waals surface area contributed by atoms with Crippen LogP contribution < -0.4 is 10.1 Å². The van der Waals surface area contributed by atoms with E-state index in [9.17, 15) is 24.1 Å². The monoisotopic (exact) mass is 362 g/mol. The fourth-order valence-corrected chi connectivity index (χ4v) is 2.06. The Hall–Kier alpha value is -3.49. The first-order chi connectivity index (χ1) is 12.4. The molecule has 136 valence electrons. The Bertz CT molecular complexity index is 840. The lowest BCUT2D eigenvalue weighted by atomic mass is 10.2. The van der Waals surface area contributed by atoms with Gasteiger partial charge < -0.3 is 14.8 Å². The highest BCUT2D eigenvalue weighted by atomic mass is 19.1. The molecule has 0 saturated carbocycles. The molecule has 0 spiro atoms. The number of esters is 1. The number of rotatable bonds is 7. The smallest absolute Gasteiger partial charge is 0.338 e. The van der Waals surface area contributed by atoms with Gasteiger partial charge in [0.2, 0.25) is 0 Å². The van der Waals surface area contributed by atoms with Crippen molar-refractivity contribution >= 4 is 17.6 Å². The summed E-state index contributed by atoms with van der Waals surface area (Å²) in [6.07, 6.45) is 0. The van der Waals surface area contributed by atoms with Crippen LogP contribution in [-0.4, -0.2) is 30.5 Å². The highest BCUT2D eigenvalue weighted by Crippen LogP contribution is 2.28. The molecule has 8 nitrogen and oxygen atoms in total. The Morgan fingerprint density at radius 3 is 2.62 bits per heavy atom. The first kappa shape index (κ1) is 18.8. The maximum absolute atomic E-state index is 13.5. The summed E-state index contributed by atoms with van der Waals surface area (Å²) >= 11 is 0. The Morgan fingerprint density at radius 1 is 1.23 bits per heavy atom. The molecular weight excluding hydrogens is 347 g/mol. The van der Waals surface area contributed by atoms with Crippen LogP contribution >= 0.6 is 0 Å². The van der Waals surface area contributed by atoms with Crippen molar-refractivity contribution in [2.45, 2.75) is 6.54 Å². The molecule has 0 bridgehead atoms. The molecule has 2 rings (SSSR count). The fourth-order valence-electron chi connectivity index (χ4n) is 2.06. The number of methoxy groups -OCH3 is 1. The van der Waals surface area contributed by atoms with Crippen LogP contribution in [0.5, 0.6) is 5.75 Å². The van der Waals surface area contributed by atoms with Crippen molar-refractivity contribution in [1.82, 2.24) is 5.32 Å². The van der Waals surface area contributed by atoms with Crippen LogP contribution in [-0.2, 0) is 16.1 Å². The van der Waals surface area contributed by atoms with Crippen LogP contribution in [0.15, 0.2) is 42.5 Å². The van der Waals surface area contributed by atoms with E-state index in [0.29, 0.717) is 5.56 Å². The second kappa shape index (κ2) is 8.56. The zero-order valence-electron chi connectivity index (χ0n) is 13.7. The van der Waals surface area contributed by atoms with Crippen LogP contribution in [0.1, 0.15) is 15.9 Å². The van der Waals surface area contributed by atoms with Crippen LogP contribution in [0.4, 0.5) is 10.1 Å². The zero-order valence-corrected chi connectivity index (χ0v) is 13.7. The number of carbonyl (C=O) groups excluding carboxylic acids is 2. The number of halogens is 1. The molecule has 0 saturated heterocycles. The molecule has 0 radical (unpaired) electrons. The number of nitrogens with one attached hydrogen (secondary N) is 1. The van der Waals surface area contributed by atoms with Crippen LogP contribution in [0.3, 0.4) is 0 Å². The second-order valence-electron chi connectivity index (χ2n) is 5.09. The molecule has 1 amide bonds. The van der Waals surface area contributed by atoms with Crippen molar-refractivity contribution in [3.63, 3.8) is 0 Å². The van der Waals surface area contributed by atoms with Crippen molar-refractivity contribution in [3.05, 3.63) is 69.5 Å². The van der Waals surface area contributed by atoms with Gasteiger partial charge in [0, 0.05) is 18.2 Å². The lowest BCUT2D eigenvalue weighted by Gasteiger charge is -2.09. The first-order valence-corrected chi connectivity index (χ1v) is 7.42. The average molecular weight is 362 g/mol. The average Bonchev–Trinajstić information content (AvgIpc) is 2.64. The Balaban J connectivity index is 1.99. The summed E-state index contributed by atoms with van der Waals surface area (Å²) in [4.78, 5) is 33.6. The van der Waals surface area contributed by atoms with Gasteiger partial charge in [-0.3, -0.25) is 14.9 Å². The summed E-state index contributed by atoms with van der Waals surface area (Å²) in [6.45, 7) is -0.550. The van der Waals surface area contributed by atoms with Gasteiger partial charge in [-0.15, -0.1) is 0 Å². The standard InChI is InChI=1S/C17H15FN2O6/c1-25-17(22)11-6-7-15(14(8-11)20(23)24)26-10-16(21)19-9-12-4-2-3-5-13(12)18/h2-8H,9-10H2,1H3,(H,19,21). The molecule has 0 unspecified atom stereocenters. The number of benzene rings is 2. The van der Waals surface area contributed by atoms with E-state index >= 15 is 0 Å². The minimum absolute atomic E-state index is 0.0180. The van der Waals surface area contributed by atoms with Gasteiger partial charge in [0.05, 0.1) is 17.6 Å². The second-order valence-corrected chi connectivity index (χ2v) is 5.09. The van der Waals surface area contributed by atoms with E-state index in [2.05, 4.69) is 10.1 Å². The van der Waals surface area contributed by atoms with Crippen LogP contribution in [0, 0.1) is 15.9 Å². The predicted octanol–water partition coefficient (Wildman–Crippen LogP) is 2.22. The number of nitrogens with zero attached hydrogens (tertiary/aromatic N) is 1. The Labute approximate surface area is 147 Å². The van der Waals surface area contributed by atoms with Gasteiger partial charge in [0.25, 0.3) is 5.91 Å². The number of hydrogen-bond acceptors (Lipinski definition) is 6. The van der Waals surface area contributed by atoms with Crippen molar-refractivity contribution < 1.29 is 28.4 Å². The Kier molecular flexibility index (Phi) is 6.20. The van der Waals surface area contributed by atoms with Crippen LogP contribution in [0.2, 0.25) is 0 Å². The molecule has 0 aliphatic carbocycles. The third-order valence-corrected chi connectivity index (χ3v) is 3.37. The van der Waals surface area contributed by atoms with Gasteiger partial charge in [-0.1, -0.05) is 18.2 Å². The summed E-state index contributed by atoms with van der Waals surface area (Å²) in [5, 5.41) is 13.6. The zero-order chi connectivity index (χ0) is 19.1. The van der Waals surface area contributed by atoms with Gasteiger partial charge in [-0.2, -0.15) is 0 Å². The summed E-state index contributed by atoms with van der Waals surface area (Å²) < 4.78 is 23.1. The summed E-state index contributed by atoms with van der Waals surface area (Å²) in [5.41, 5.74) is -0.195. The molecule has 0 heterocycles. The maximum Gasteiger partial charge on any atom is 0.338 e. The number of nitro benzene ring substituents is 1. The lowest BCUT2D eigenvalue weighted by Crippen LogP contribution is -2.28. The minimum atomic E-state index is -0.737. The van der Waals surface area contributed by atoms with E-state index < -0.39 is 34.9 Å². The summed E-state index contributed by atoms with van der Waals surface area (Å²) in [7, 11) is 1.15. The molecule has 26 heavy (non-hydrogen) atoms. The van der Waals surface area contributed by atoms with Gasteiger partial charge in [0.1, 0.15) is 5.82 Å². The predicted molar refractivity (Wildman–Crippen MR) is 88.2 cm³/mol. The minimum Gasteiger partial charge on any atom is -0.477 e. The normalized spacial score (nSPS) is 10.1. The number of ether oxygens (including phenoxy) is 2. The molecule has 0 fully saturated rings. The van der Waals surface area contributed by atoms with E-state index in [1.807, 2.05) is 0 Å². The fraction of sp³-hybridized carbons (Fsp3) is 0.176. The highest BCUT2D eigenvalue weighted by molar-refractivity contribution is 5.90. The van der Waals surface area contributed by atoms with Crippen molar-refractivity contribution in [3.8, 4) is 5.75 Å². The third-order valence-electron chi connectivity index (χ3n) is 3.37. The van der Waals surface area contributed by atoms with Gasteiger partial charge >= 0.3 is 11.7 Å². The van der Waals surface area contributed by atoms with E-state index in [1.165, 1.54) is 30.3 Å². The largest absolute Gasteiger partial charge is 0.477 e. The van der Waals surface area contributed by atoms with Crippen molar-refractivity contribution in [1.29, 1.82) is 0 Å². The molecule has 1 N–H and O–H groups in total. The number of hydrogen-bond donors (Lipinski definition) is 1.